The molecular weight excluding hydrogens is 320 g/mol. The third-order valence-electron chi connectivity index (χ3n) is 5.58. The first-order valence-corrected chi connectivity index (χ1v) is 9.19. The maximum atomic E-state index is 13.5. The smallest absolute Gasteiger partial charge is 0.399 e. The van der Waals surface area contributed by atoms with Crippen molar-refractivity contribution in [1.29, 1.82) is 0 Å². The van der Waals surface area contributed by atoms with Crippen LogP contribution in [0.2, 0.25) is 0 Å². The van der Waals surface area contributed by atoms with Gasteiger partial charge >= 0.3 is 7.12 Å². The molecule has 138 valence electrons. The second-order valence-electron chi connectivity index (χ2n) is 7.97. The fourth-order valence-electron chi connectivity index (χ4n) is 3.24. The molecule has 0 amide bonds. The van der Waals surface area contributed by atoms with Gasteiger partial charge in [-0.2, -0.15) is 0 Å². The van der Waals surface area contributed by atoms with Gasteiger partial charge in [-0.3, -0.25) is 0 Å². The summed E-state index contributed by atoms with van der Waals surface area (Å²) in [5, 5.41) is 3.27. The highest BCUT2D eigenvalue weighted by Gasteiger charge is 2.51. The highest BCUT2D eigenvalue weighted by atomic mass is 19.1. The Morgan fingerprint density at radius 3 is 2.44 bits per heavy atom. The quantitative estimate of drug-likeness (QED) is 0.799. The van der Waals surface area contributed by atoms with Gasteiger partial charge in [-0.25, -0.2) is 9.37 Å². The Morgan fingerprint density at radius 1 is 1.20 bits per heavy atom. The van der Waals surface area contributed by atoms with E-state index in [1.807, 2.05) is 27.7 Å². The van der Waals surface area contributed by atoms with Gasteiger partial charge < -0.3 is 19.5 Å². The number of nitrogens with one attached hydrogen (secondary N) is 1. The highest BCUT2D eigenvalue weighted by Crippen LogP contribution is 2.36. The lowest BCUT2D eigenvalue weighted by Gasteiger charge is -2.32. The molecule has 1 N–H and O–H groups in total. The molecule has 0 saturated carbocycles. The molecule has 0 aromatic carbocycles. The normalized spacial score (nSPS) is 22.5. The lowest BCUT2D eigenvalue weighted by molar-refractivity contribution is 0.00578. The summed E-state index contributed by atoms with van der Waals surface area (Å²) in [5.74, 6) is 0.613. The Labute approximate surface area is 150 Å². The lowest BCUT2D eigenvalue weighted by atomic mass is 9.79. The second-order valence-corrected chi connectivity index (χ2v) is 7.97. The van der Waals surface area contributed by atoms with Crippen LogP contribution >= 0.6 is 0 Å². The molecule has 1 aromatic rings. The molecule has 2 saturated heterocycles. The van der Waals surface area contributed by atoms with Gasteiger partial charge in [0, 0.05) is 30.3 Å². The second kappa shape index (κ2) is 7.21. The molecule has 25 heavy (non-hydrogen) atoms. The van der Waals surface area contributed by atoms with Crippen molar-refractivity contribution >= 4 is 18.4 Å². The average molecular weight is 349 g/mol. The first-order valence-electron chi connectivity index (χ1n) is 9.19. The highest BCUT2D eigenvalue weighted by molar-refractivity contribution is 6.62. The summed E-state index contributed by atoms with van der Waals surface area (Å²) < 4.78 is 25.6. The van der Waals surface area contributed by atoms with Crippen LogP contribution in [-0.2, 0) is 16.0 Å². The molecule has 2 fully saturated rings. The Bertz CT molecular complexity index is 590. The van der Waals surface area contributed by atoms with E-state index in [4.69, 9.17) is 9.31 Å². The molecule has 0 spiro atoms. The zero-order valence-corrected chi connectivity index (χ0v) is 15.8. The van der Waals surface area contributed by atoms with Crippen LogP contribution in [-0.4, -0.2) is 54.4 Å². The zero-order chi connectivity index (χ0) is 18.1. The molecule has 2 aliphatic heterocycles. The molecule has 7 heteroatoms. The van der Waals surface area contributed by atoms with Crippen LogP contribution in [0.1, 0.15) is 46.1 Å². The molecule has 0 bridgehead atoms. The van der Waals surface area contributed by atoms with Crippen LogP contribution in [0.3, 0.4) is 0 Å². The number of likely N-dealkylation sites (tertiary alicyclic amines) is 1. The van der Waals surface area contributed by atoms with Crippen LogP contribution in [0.5, 0.6) is 0 Å². The number of anilines is 1. The van der Waals surface area contributed by atoms with Gasteiger partial charge in [-0.1, -0.05) is 6.07 Å². The van der Waals surface area contributed by atoms with Gasteiger partial charge in [0.1, 0.15) is 12.5 Å². The number of aromatic nitrogens is 1. The van der Waals surface area contributed by atoms with Crippen molar-refractivity contribution < 1.29 is 13.7 Å². The Morgan fingerprint density at radius 2 is 1.84 bits per heavy atom. The zero-order valence-electron chi connectivity index (χ0n) is 15.8. The molecule has 0 unspecified atom stereocenters. The minimum atomic E-state index is -0.563. The number of rotatable bonds is 6. The van der Waals surface area contributed by atoms with E-state index >= 15 is 0 Å². The van der Waals surface area contributed by atoms with Gasteiger partial charge in [-0.15, -0.1) is 0 Å². The molecule has 3 heterocycles. The van der Waals surface area contributed by atoms with Crippen LogP contribution < -0.4 is 10.8 Å². The number of hydrogen-bond donors (Lipinski definition) is 1. The minimum Gasteiger partial charge on any atom is -0.399 e. The minimum absolute atomic E-state index is 0.416. The monoisotopic (exact) mass is 349 g/mol. The van der Waals surface area contributed by atoms with E-state index in [0.29, 0.717) is 11.4 Å². The number of hydrogen-bond acceptors (Lipinski definition) is 5. The molecule has 3 rings (SSSR count). The molecule has 0 atom stereocenters. The van der Waals surface area contributed by atoms with Gasteiger partial charge in [-0.05, 0) is 53.6 Å². The maximum Gasteiger partial charge on any atom is 0.496 e. The van der Waals surface area contributed by atoms with Crippen molar-refractivity contribution in [1.82, 2.24) is 9.88 Å². The molecule has 2 aliphatic rings. The number of pyridine rings is 1. The molecular formula is C18H29BFN3O2. The standard InChI is InChI=1S/C18H29BFN3O2/c1-17(2)18(3,4)25-19(24-17)15-11-14(12-20)16(22-13-15)21-7-10-23-8-5-6-9-23/h11,13H,5-10,12H2,1-4H3,(H,21,22). The van der Waals surface area contributed by atoms with Crippen LogP contribution in [0.4, 0.5) is 10.2 Å². The fourth-order valence-corrected chi connectivity index (χ4v) is 3.24. The largest absolute Gasteiger partial charge is 0.496 e. The van der Waals surface area contributed by atoms with Crippen LogP contribution in [0.25, 0.3) is 0 Å². The third kappa shape index (κ3) is 3.99. The summed E-state index contributed by atoms with van der Waals surface area (Å²) in [6, 6.07) is 1.80. The van der Waals surface area contributed by atoms with Crippen LogP contribution in [0, 0.1) is 0 Å². The SMILES string of the molecule is CC1(C)OB(c2cnc(NCCN3CCCC3)c(CF)c2)OC1(C)C. The van der Waals surface area contributed by atoms with E-state index in [0.717, 1.165) is 31.6 Å². The summed E-state index contributed by atoms with van der Waals surface area (Å²) in [6.07, 6.45) is 4.27. The van der Waals surface area contributed by atoms with E-state index in [1.165, 1.54) is 12.8 Å². The van der Waals surface area contributed by atoms with Gasteiger partial charge in [0.15, 0.2) is 0 Å². The van der Waals surface area contributed by atoms with Crippen LogP contribution in [0.15, 0.2) is 12.3 Å². The Kier molecular flexibility index (Phi) is 5.37. The van der Waals surface area contributed by atoms with Crippen molar-refractivity contribution in [2.45, 2.75) is 58.4 Å². The maximum absolute atomic E-state index is 13.5. The van der Waals surface area contributed by atoms with Crippen molar-refractivity contribution in [3.05, 3.63) is 17.8 Å². The molecule has 1 aromatic heterocycles. The first-order chi connectivity index (χ1) is 11.8. The predicted octanol–water partition coefficient (Wildman–Crippen LogP) is 2.36. The summed E-state index contributed by atoms with van der Waals surface area (Å²) in [6.45, 7) is 11.5. The fraction of sp³-hybridized carbons (Fsp3) is 0.722. The lowest BCUT2D eigenvalue weighted by Crippen LogP contribution is -2.41. The van der Waals surface area contributed by atoms with Crippen molar-refractivity contribution in [3.8, 4) is 0 Å². The predicted molar refractivity (Wildman–Crippen MR) is 98.9 cm³/mol. The van der Waals surface area contributed by atoms with Crippen molar-refractivity contribution in [2.24, 2.45) is 0 Å². The topological polar surface area (TPSA) is 46.6 Å². The number of halogens is 1. The number of alkyl halides is 1. The molecule has 5 nitrogen and oxygen atoms in total. The summed E-state index contributed by atoms with van der Waals surface area (Å²) in [7, 11) is -0.513. The molecule has 0 radical (unpaired) electrons. The molecule has 0 aliphatic carbocycles. The van der Waals surface area contributed by atoms with E-state index in [1.54, 1.807) is 12.3 Å². The van der Waals surface area contributed by atoms with E-state index in [-0.39, 0.29) is 0 Å². The van der Waals surface area contributed by atoms with Crippen molar-refractivity contribution in [2.75, 3.05) is 31.5 Å². The Balaban J connectivity index is 1.65. The van der Waals surface area contributed by atoms with E-state index in [2.05, 4.69) is 15.2 Å². The van der Waals surface area contributed by atoms with Gasteiger partial charge in [0.2, 0.25) is 0 Å². The van der Waals surface area contributed by atoms with Gasteiger partial charge in [0.05, 0.1) is 11.2 Å². The summed E-state index contributed by atoms with van der Waals surface area (Å²) >= 11 is 0. The summed E-state index contributed by atoms with van der Waals surface area (Å²) in [5.41, 5.74) is 0.477. The van der Waals surface area contributed by atoms with Gasteiger partial charge in [0.25, 0.3) is 0 Å². The van der Waals surface area contributed by atoms with Crippen molar-refractivity contribution in [3.63, 3.8) is 0 Å². The van der Waals surface area contributed by atoms with E-state index in [9.17, 15) is 4.39 Å². The first kappa shape index (κ1) is 18.6. The Hall–Kier alpha value is -1.18. The number of nitrogens with zero attached hydrogens (tertiary/aromatic N) is 2. The summed E-state index contributed by atoms with van der Waals surface area (Å²) in [4.78, 5) is 6.84. The average Bonchev–Trinajstić information content (AvgIpc) is 3.14. The third-order valence-corrected chi connectivity index (χ3v) is 5.58. The van der Waals surface area contributed by atoms with E-state index < -0.39 is 25.0 Å².